The first-order valence-electron chi connectivity index (χ1n) is 5.05. The van der Waals surface area contributed by atoms with Crippen molar-refractivity contribution in [2.45, 2.75) is 32.0 Å². The van der Waals surface area contributed by atoms with Gasteiger partial charge in [0.1, 0.15) is 6.04 Å². The van der Waals surface area contributed by atoms with Crippen LogP contribution in [0, 0.1) is 6.92 Å². The average Bonchev–Trinajstić information content (AvgIpc) is 2.52. The summed E-state index contributed by atoms with van der Waals surface area (Å²) in [5.74, 6) is -4.82. The zero-order valence-electron chi connectivity index (χ0n) is 9.54. The highest BCUT2D eigenvalue weighted by molar-refractivity contribution is 9.10. The number of rotatable bonds is 4. The third-order valence-corrected chi connectivity index (χ3v) is 4.28. The zero-order valence-corrected chi connectivity index (χ0v) is 11.9. The van der Waals surface area contributed by atoms with Gasteiger partial charge in [0.05, 0.1) is 0 Å². The topological polar surface area (TPSA) is 12.0 Å². The lowest BCUT2D eigenvalue weighted by Crippen LogP contribution is -2.47. The highest BCUT2D eigenvalue weighted by atomic mass is 79.9. The van der Waals surface area contributed by atoms with E-state index in [9.17, 15) is 22.0 Å². The average molecular weight is 352 g/mol. The molecule has 18 heavy (non-hydrogen) atoms. The Bertz CT molecular complexity index is 415. The van der Waals surface area contributed by atoms with Crippen LogP contribution in [0.2, 0.25) is 0 Å². The first-order chi connectivity index (χ1) is 8.11. The molecule has 0 saturated heterocycles. The number of halogens is 6. The fraction of sp³-hybridized carbons (Fsp3) is 0.600. The van der Waals surface area contributed by atoms with Gasteiger partial charge in [-0.25, -0.2) is 0 Å². The molecular weight excluding hydrogens is 341 g/mol. The van der Waals surface area contributed by atoms with E-state index >= 15 is 0 Å². The van der Waals surface area contributed by atoms with Crippen LogP contribution in [-0.2, 0) is 0 Å². The van der Waals surface area contributed by atoms with E-state index in [1.807, 2.05) is 0 Å². The molecule has 0 aliphatic carbocycles. The van der Waals surface area contributed by atoms with Crippen LogP contribution in [0.25, 0.3) is 0 Å². The maximum Gasteiger partial charge on any atom is 0.455 e. The standard InChI is InChI=1S/C10H11BrF5NS/c1-3-17-8(9(12,13)10(14,15)16)7-6(11)4-5(2)18-7/h4,8,17H,3H2,1-2H3. The van der Waals surface area contributed by atoms with Crippen molar-refractivity contribution in [3.8, 4) is 0 Å². The summed E-state index contributed by atoms with van der Waals surface area (Å²) < 4.78 is 64.5. The third kappa shape index (κ3) is 3.03. The molecule has 0 aliphatic rings. The highest BCUT2D eigenvalue weighted by Crippen LogP contribution is 2.47. The molecule has 0 saturated carbocycles. The molecule has 0 radical (unpaired) electrons. The normalized spacial score (nSPS) is 14.9. The van der Waals surface area contributed by atoms with Crippen LogP contribution >= 0.6 is 27.3 Å². The molecule has 0 spiro atoms. The van der Waals surface area contributed by atoms with E-state index in [0.29, 0.717) is 4.88 Å². The van der Waals surface area contributed by atoms with Crippen LogP contribution in [0.15, 0.2) is 10.5 Å². The van der Waals surface area contributed by atoms with Gasteiger partial charge in [0.2, 0.25) is 0 Å². The largest absolute Gasteiger partial charge is 0.455 e. The third-order valence-electron chi connectivity index (χ3n) is 2.25. The van der Waals surface area contributed by atoms with Crippen molar-refractivity contribution in [2.24, 2.45) is 0 Å². The van der Waals surface area contributed by atoms with Crippen LogP contribution in [0.4, 0.5) is 22.0 Å². The summed E-state index contributed by atoms with van der Waals surface area (Å²) in [5.41, 5.74) is 0. The number of alkyl halides is 5. The van der Waals surface area contributed by atoms with Crippen LogP contribution in [-0.4, -0.2) is 18.6 Å². The Morgan fingerprint density at radius 3 is 2.22 bits per heavy atom. The van der Waals surface area contributed by atoms with Crippen molar-refractivity contribution < 1.29 is 22.0 Å². The molecule has 0 amide bonds. The predicted molar refractivity (Wildman–Crippen MR) is 64.2 cm³/mol. The van der Waals surface area contributed by atoms with Gasteiger partial charge in [-0.1, -0.05) is 6.92 Å². The van der Waals surface area contributed by atoms with Crippen molar-refractivity contribution in [2.75, 3.05) is 6.54 Å². The van der Waals surface area contributed by atoms with Gasteiger partial charge < -0.3 is 5.32 Å². The lowest BCUT2D eigenvalue weighted by molar-refractivity contribution is -0.294. The van der Waals surface area contributed by atoms with Crippen LogP contribution < -0.4 is 5.32 Å². The number of thiophene rings is 1. The zero-order chi connectivity index (χ0) is 14.1. The van der Waals surface area contributed by atoms with E-state index < -0.39 is 18.1 Å². The van der Waals surface area contributed by atoms with Gasteiger partial charge in [0, 0.05) is 14.2 Å². The van der Waals surface area contributed by atoms with Gasteiger partial charge in [0.15, 0.2) is 0 Å². The molecule has 8 heteroatoms. The lowest BCUT2D eigenvalue weighted by Gasteiger charge is -2.28. The molecule has 1 rings (SSSR count). The summed E-state index contributed by atoms with van der Waals surface area (Å²) in [7, 11) is 0. The molecule has 0 aliphatic heterocycles. The summed E-state index contributed by atoms with van der Waals surface area (Å²) in [6, 6.07) is -0.549. The Labute approximate surface area is 114 Å². The maximum atomic E-state index is 13.5. The van der Waals surface area contributed by atoms with E-state index in [0.717, 1.165) is 11.3 Å². The SMILES string of the molecule is CCNC(c1sc(C)cc1Br)C(F)(F)C(F)(F)F. The van der Waals surface area contributed by atoms with E-state index in [1.54, 1.807) is 6.92 Å². The Hall–Kier alpha value is -0.210. The van der Waals surface area contributed by atoms with Crippen LogP contribution in [0.5, 0.6) is 0 Å². The van der Waals surface area contributed by atoms with Crippen molar-refractivity contribution >= 4 is 27.3 Å². The highest BCUT2D eigenvalue weighted by Gasteiger charge is 2.63. The van der Waals surface area contributed by atoms with Gasteiger partial charge in [-0.05, 0) is 35.5 Å². The Morgan fingerprint density at radius 1 is 1.33 bits per heavy atom. The summed E-state index contributed by atoms with van der Waals surface area (Å²) >= 11 is 3.93. The predicted octanol–water partition coefficient (Wildman–Crippen LogP) is 4.67. The van der Waals surface area contributed by atoms with Gasteiger partial charge >= 0.3 is 12.1 Å². The molecular formula is C10H11BrF5NS. The van der Waals surface area contributed by atoms with E-state index in [4.69, 9.17) is 0 Å². The fourth-order valence-corrected chi connectivity index (χ4v) is 3.45. The monoisotopic (exact) mass is 351 g/mol. The molecule has 1 aromatic heterocycles. The number of hydrogen-bond acceptors (Lipinski definition) is 2. The molecule has 1 aromatic rings. The summed E-state index contributed by atoms with van der Waals surface area (Å²) in [4.78, 5) is 0.620. The molecule has 1 N–H and O–H groups in total. The van der Waals surface area contributed by atoms with Crippen LogP contribution in [0.1, 0.15) is 22.7 Å². The molecule has 0 bridgehead atoms. The Kier molecular flexibility index (Phi) is 4.77. The van der Waals surface area contributed by atoms with E-state index in [1.165, 1.54) is 13.0 Å². The fourth-order valence-electron chi connectivity index (χ4n) is 1.45. The molecule has 1 heterocycles. The summed E-state index contributed by atoms with van der Waals surface area (Å²) in [6.07, 6.45) is -5.59. The Morgan fingerprint density at radius 2 is 1.89 bits per heavy atom. The number of nitrogens with one attached hydrogen (secondary N) is 1. The van der Waals surface area contributed by atoms with Crippen molar-refractivity contribution in [1.82, 2.24) is 5.32 Å². The Balaban J connectivity index is 3.22. The molecule has 1 unspecified atom stereocenters. The second-order valence-corrected chi connectivity index (χ2v) is 5.82. The molecule has 0 fully saturated rings. The second-order valence-electron chi connectivity index (χ2n) is 3.68. The smallest absolute Gasteiger partial charge is 0.304 e. The maximum absolute atomic E-state index is 13.5. The molecule has 104 valence electrons. The minimum absolute atomic E-state index is 0.0136. The first kappa shape index (κ1) is 15.8. The lowest BCUT2D eigenvalue weighted by atomic mass is 10.1. The molecule has 1 atom stereocenters. The van der Waals surface area contributed by atoms with Gasteiger partial charge in [0.25, 0.3) is 0 Å². The molecule has 0 aromatic carbocycles. The summed E-state index contributed by atoms with van der Waals surface area (Å²) in [6.45, 7) is 3.14. The van der Waals surface area contributed by atoms with Crippen molar-refractivity contribution in [3.63, 3.8) is 0 Å². The molecule has 1 nitrogen and oxygen atoms in total. The van der Waals surface area contributed by atoms with E-state index in [2.05, 4.69) is 21.2 Å². The first-order valence-corrected chi connectivity index (χ1v) is 6.66. The van der Waals surface area contributed by atoms with Crippen molar-refractivity contribution in [1.29, 1.82) is 0 Å². The van der Waals surface area contributed by atoms with Gasteiger partial charge in [-0.2, -0.15) is 22.0 Å². The van der Waals surface area contributed by atoms with Crippen LogP contribution in [0.3, 0.4) is 0 Å². The minimum Gasteiger partial charge on any atom is -0.304 e. The summed E-state index contributed by atoms with van der Waals surface area (Å²) in [5, 5.41) is 2.21. The quantitative estimate of drug-likeness (QED) is 0.777. The number of hydrogen-bond donors (Lipinski definition) is 1. The minimum atomic E-state index is -5.59. The number of aryl methyl sites for hydroxylation is 1. The van der Waals surface area contributed by atoms with Gasteiger partial charge in [-0.3, -0.25) is 0 Å². The van der Waals surface area contributed by atoms with E-state index in [-0.39, 0.29) is 15.9 Å². The second kappa shape index (κ2) is 5.42. The van der Waals surface area contributed by atoms with Crippen molar-refractivity contribution in [3.05, 3.63) is 20.3 Å². The van der Waals surface area contributed by atoms with Gasteiger partial charge in [-0.15, -0.1) is 11.3 Å².